The van der Waals surface area contributed by atoms with Gasteiger partial charge in [-0.1, -0.05) is 5.11 Å². The van der Waals surface area contributed by atoms with E-state index in [0.717, 1.165) is 0 Å². The predicted molar refractivity (Wildman–Crippen MR) is 35.5 cm³/mol. The molecule has 58 valence electrons. The first-order valence-electron chi connectivity index (χ1n) is 2.92. The minimum Gasteiger partial charge on any atom is -0.448 e. The maximum absolute atomic E-state index is 8.68. The van der Waals surface area contributed by atoms with Crippen molar-refractivity contribution < 1.29 is 9.52 Å². The summed E-state index contributed by atoms with van der Waals surface area (Å²) in [4.78, 5) is 6.15. The van der Waals surface area contributed by atoms with Crippen molar-refractivity contribution >= 4 is 0 Å². The highest BCUT2D eigenvalue weighted by Gasteiger charge is 2.10. The van der Waals surface area contributed by atoms with E-state index in [-0.39, 0.29) is 6.61 Å². The monoisotopic (exact) mass is 154 g/mol. The molecule has 6 heteroatoms. The number of aliphatic hydroxyl groups excluding tert-OH is 1. The van der Waals surface area contributed by atoms with E-state index in [0.29, 0.717) is 5.76 Å². The summed E-state index contributed by atoms with van der Waals surface area (Å²) in [6.45, 7) is -0.279. The quantitative estimate of drug-likeness (QED) is 0.400. The summed E-state index contributed by atoms with van der Waals surface area (Å²) < 4.78 is 4.80. The summed E-state index contributed by atoms with van der Waals surface area (Å²) in [7, 11) is 0. The molecule has 0 aromatic carbocycles. The second-order valence-corrected chi connectivity index (χ2v) is 1.81. The molecule has 1 atom stereocenters. The third kappa shape index (κ3) is 1.70. The van der Waals surface area contributed by atoms with Gasteiger partial charge in [-0.05, 0) is 5.53 Å². The molecule has 0 fully saturated rings. The third-order valence-electron chi connectivity index (χ3n) is 1.14. The lowest BCUT2D eigenvalue weighted by atomic mass is 10.3. The van der Waals surface area contributed by atoms with E-state index in [1.165, 1.54) is 12.6 Å². The molecule has 1 heterocycles. The Morgan fingerprint density at radius 3 is 3.18 bits per heavy atom. The van der Waals surface area contributed by atoms with Gasteiger partial charge in [0.25, 0.3) is 0 Å². The summed E-state index contributed by atoms with van der Waals surface area (Å²) in [5, 5.41) is 12.0. The first-order valence-corrected chi connectivity index (χ1v) is 2.92. The van der Waals surface area contributed by atoms with Crippen LogP contribution in [0.1, 0.15) is 11.8 Å². The molecule has 1 unspecified atom stereocenters. The molecule has 0 bridgehead atoms. The topological polar surface area (TPSA) is 95.0 Å². The first-order chi connectivity index (χ1) is 5.38. The normalized spacial score (nSPS) is 12.1. The van der Waals surface area contributed by atoms with Gasteiger partial charge in [-0.2, -0.15) is 0 Å². The Kier molecular flexibility index (Phi) is 2.48. The molecule has 11 heavy (non-hydrogen) atoms. The minimum absolute atomic E-state index is 0.279. The molecular formula is C5H6N4O2. The van der Waals surface area contributed by atoms with Crippen molar-refractivity contribution in [1.82, 2.24) is 4.98 Å². The van der Waals surface area contributed by atoms with Gasteiger partial charge in [-0.3, -0.25) is 0 Å². The van der Waals surface area contributed by atoms with Crippen LogP contribution >= 0.6 is 0 Å². The number of azide groups is 1. The molecule has 0 amide bonds. The average Bonchev–Trinajstić information content (AvgIpc) is 2.52. The largest absolute Gasteiger partial charge is 0.448 e. The molecule has 0 spiro atoms. The molecule has 1 rings (SSSR count). The molecule has 0 aliphatic rings. The lowest BCUT2D eigenvalue weighted by Gasteiger charge is -1.99. The van der Waals surface area contributed by atoms with Crippen LogP contribution in [0.3, 0.4) is 0 Å². The fourth-order valence-electron chi connectivity index (χ4n) is 0.636. The number of rotatable bonds is 3. The summed E-state index contributed by atoms with van der Waals surface area (Å²) >= 11 is 0. The Bertz CT molecular complexity index is 251. The molecule has 0 saturated carbocycles. The van der Waals surface area contributed by atoms with Crippen LogP contribution in [0, 0.1) is 0 Å². The van der Waals surface area contributed by atoms with Crippen molar-refractivity contribution in [3.63, 3.8) is 0 Å². The van der Waals surface area contributed by atoms with Crippen LogP contribution in [-0.2, 0) is 0 Å². The number of aromatic nitrogens is 1. The van der Waals surface area contributed by atoms with E-state index in [1.54, 1.807) is 0 Å². The second kappa shape index (κ2) is 3.60. The minimum atomic E-state index is -0.664. The fourth-order valence-corrected chi connectivity index (χ4v) is 0.636. The Labute approximate surface area is 62.1 Å². The highest BCUT2D eigenvalue weighted by atomic mass is 16.3. The molecule has 0 saturated heterocycles. The highest BCUT2D eigenvalue weighted by molar-refractivity contribution is 4.97. The molecule has 1 aromatic rings. The average molecular weight is 154 g/mol. The number of oxazole rings is 1. The zero-order valence-electron chi connectivity index (χ0n) is 5.58. The van der Waals surface area contributed by atoms with Crippen LogP contribution in [0.5, 0.6) is 0 Å². The van der Waals surface area contributed by atoms with Crippen LogP contribution in [0.2, 0.25) is 0 Å². The van der Waals surface area contributed by atoms with Crippen LogP contribution in [0.15, 0.2) is 22.1 Å². The van der Waals surface area contributed by atoms with E-state index in [4.69, 9.17) is 15.1 Å². The fraction of sp³-hybridized carbons (Fsp3) is 0.400. The van der Waals surface area contributed by atoms with E-state index in [9.17, 15) is 0 Å². The van der Waals surface area contributed by atoms with Crippen molar-refractivity contribution in [1.29, 1.82) is 0 Å². The maximum atomic E-state index is 8.68. The summed E-state index contributed by atoms with van der Waals surface area (Å²) in [5.74, 6) is 0.366. The van der Waals surface area contributed by atoms with Crippen LogP contribution in [-0.4, -0.2) is 16.7 Å². The highest BCUT2D eigenvalue weighted by Crippen LogP contribution is 2.15. The van der Waals surface area contributed by atoms with Crippen molar-refractivity contribution in [2.45, 2.75) is 6.04 Å². The van der Waals surface area contributed by atoms with E-state index >= 15 is 0 Å². The van der Waals surface area contributed by atoms with Crippen molar-refractivity contribution in [2.24, 2.45) is 5.11 Å². The molecule has 0 radical (unpaired) electrons. The Hall–Kier alpha value is -1.52. The Morgan fingerprint density at radius 1 is 1.91 bits per heavy atom. The van der Waals surface area contributed by atoms with Gasteiger partial charge in [0.1, 0.15) is 11.8 Å². The molecule has 1 aromatic heterocycles. The summed E-state index contributed by atoms with van der Waals surface area (Å²) in [6.07, 6.45) is 2.61. The number of nitrogens with zero attached hydrogens (tertiary/aromatic N) is 4. The van der Waals surface area contributed by atoms with Crippen molar-refractivity contribution in [3.8, 4) is 0 Å². The lowest BCUT2D eigenvalue weighted by Crippen LogP contribution is -1.97. The number of aliphatic hydroxyl groups is 1. The molecule has 6 nitrogen and oxygen atoms in total. The van der Waals surface area contributed by atoms with Crippen LogP contribution < -0.4 is 0 Å². The zero-order valence-corrected chi connectivity index (χ0v) is 5.58. The summed E-state index contributed by atoms with van der Waals surface area (Å²) in [5.41, 5.74) is 8.05. The van der Waals surface area contributed by atoms with Gasteiger partial charge in [0.05, 0.1) is 12.8 Å². The lowest BCUT2D eigenvalue weighted by molar-refractivity contribution is 0.251. The predicted octanol–water partition coefficient (Wildman–Crippen LogP) is 1.02. The van der Waals surface area contributed by atoms with Gasteiger partial charge in [0, 0.05) is 4.91 Å². The molecule has 0 aliphatic carbocycles. The van der Waals surface area contributed by atoms with Gasteiger partial charge < -0.3 is 9.52 Å². The van der Waals surface area contributed by atoms with Crippen LogP contribution in [0.25, 0.3) is 10.4 Å². The van der Waals surface area contributed by atoms with Gasteiger partial charge >= 0.3 is 0 Å². The van der Waals surface area contributed by atoms with E-state index in [2.05, 4.69) is 15.0 Å². The second-order valence-electron chi connectivity index (χ2n) is 1.81. The van der Waals surface area contributed by atoms with E-state index in [1.807, 2.05) is 0 Å². The van der Waals surface area contributed by atoms with Gasteiger partial charge in [-0.15, -0.1) is 0 Å². The van der Waals surface area contributed by atoms with Gasteiger partial charge in [-0.25, -0.2) is 4.98 Å². The summed E-state index contributed by atoms with van der Waals surface area (Å²) in [6, 6.07) is -0.664. The van der Waals surface area contributed by atoms with Crippen LogP contribution in [0.4, 0.5) is 0 Å². The maximum Gasteiger partial charge on any atom is 0.180 e. The van der Waals surface area contributed by atoms with E-state index < -0.39 is 6.04 Å². The standard InChI is InChI=1S/C5H6N4O2/c6-9-8-4(2-10)5-1-7-3-11-5/h1,3-4,10H,2H2. The smallest absolute Gasteiger partial charge is 0.180 e. The van der Waals surface area contributed by atoms with Gasteiger partial charge in [0.15, 0.2) is 6.39 Å². The first kappa shape index (κ1) is 7.59. The number of hydrogen-bond donors (Lipinski definition) is 1. The number of hydrogen-bond acceptors (Lipinski definition) is 4. The SMILES string of the molecule is [N-]=[N+]=NC(CO)c1cnco1. The molecule has 0 aliphatic heterocycles. The van der Waals surface area contributed by atoms with Crippen molar-refractivity contribution in [2.75, 3.05) is 6.61 Å². The van der Waals surface area contributed by atoms with Gasteiger partial charge in [0.2, 0.25) is 0 Å². The Morgan fingerprint density at radius 2 is 2.73 bits per heavy atom. The third-order valence-corrected chi connectivity index (χ3v) is 1.14. The zero-order chi connectivity index (χ0) is 8.10. The molecular weight excluding hydrogens is 148 g/mol. The van der Waals surface area contributed by atoms with Crippen molar-refractivity contribution in [3.05, 3.63) is 28.8 Å². The Balaban J connectivity index is 2.79. The molecule has 1 N–H and O–H groups in total.